The normalized spacial score (nSPS) is 21.5. The smallest absolute Gasteiger partial charge is 0.183 e. The summed E-state index contributed by atoms with van der Waals surface area (Å²) in [6, 6.07) is 1.79. The summed E-state index contributed by atoms with van der Waals surface area (Å²) in [5.41, 5.74) is 0.600. The molecule has 0 saturated carbocycles. The van der Waals surface area contributed by atoms with Crippen molar-refractivity contribution in [2.75, 3.05) is 13.1 Å². The molecule has 15 heavy (non-hydrogen) atoms. The second-order valence-electron chi connectivity index (χ2n) is 4.21. The van der Waals surface area contributed by atoms with Gasteiger partial charge in [0.05, 0.1) is 0 Å². The Bertz CT molecular complexity index is 339. The van der Waals surface area contributed by atoms with E-state index in [0.29, 0.717) is 18.0 Å². The number of ketones is 1. The lowest BCUT2D eigenvalue weighted by molar-refractivity contribution is 0.0948. The van der Waals surface area contributed by atoms with Gasteiger partial charge in [0.15, 0.2) is 5.78 Å². The minimum atomic E-state index is 0.171. The Kier molecular flexibility index (Phi) is 3.16. The molecule has 0 spiro atoms. The van der Waals surface area contributed by atoms with Gasteiger partial charge in [-0.05, 0) is 37.9 Å². The van der Waals surface area contributed by atoms with Crippen molar-refractivity contribution in [1.29, 1.82) is 0 Å². The lowest BCUT2D eigenvalue weighted by Gasteiger charge is -2.21. The number of aryl methyl sites for hydroxylation is 1. The zero-order valence-corrected chi connectivity index (χ0v) is 9.07. The van der Waals surface area contributed by atoms with Crippen LogP contribution >= 0.6 is 0 Å². The first-order chi connectivity index (χ1) is 7.25. The number of hydrogen-bond donors (Lipinski definition) is 1. The Hall–Kier alpha value is -1.16. The number of nitrogens with zero attached hydrogens (tertiary/aromatic N) is 2. The molecule has 1 unspecified atom stereocenters. The van der Waals surface area contributed by atoms with Crippen LogP contribution in [0.2, 0.25) is 0 Å². The Balaban J connectivity index is 1.91. The molecular weight excluding hydrogens is 190 g/mol. The molecule has 2 heterocycles. The van der Waals surface area contributed by atoms with Crippen LogP contribution in [0, 0.1) is 5.92 Å². The molecule has 1 aliphatic heterocycles. The van der Waals surface area contributed by atoms with Crippen molar-refractivity contribution in [3.63, 3.8) is 0 Å². The highest BCUT2D eigenvalue weighted by molar-refractivity contribution is 5.94. The highest BCUT2D eigenvalue weighted by Crippen LogP contribution is 2.16. The molecule has 4 nitrogen and oxygen atoms in total. The predicted molar refractivity (Wildman–Crippen MR) is 57.7 cm³/mol. The topological polar surface area (TPSA) is 46.9 Å². The van der Waals surface area contributed by atoms with E-state index in [9.17, 15) is 4.79 Å². The number of piperidine rings is 1. The second kappa shape index (κ2) is 4.57. The standard InChI is InChI=1S/C11H17N3O/c1-14-6-4-10(13-14)11(15)7-9-3-2-5-12-8-9/h4,6,9,12H,2-3,5,7-8H2,1H3. The molecule has 1 atom stereocenters. The largest absolute Gasteiger partial charge is 0.316 e. The zero-order valence-electron chi connectivity index (χ0n) is 9.07. The first kappa shape index (κ1) is 10.4. The third-order valence-corrected chi connectivity index (χ3v) is 2.87. The number of Topliss-reactive ketones (excluding diaryl/α,β-unsaturated/α-hetero) is 1. The molecule has 0 radical (unpaired) electrons. The van der Waals surface area contributed by atoms with Gasteiger partial charge in [-0.25, -0.2) is 0 Å². The van der Waals surface area contributed by atoms with Crippen LogP contribution in [-0.2, 0) is 7.05 Å². The summed E-state index contributed by atoms with van der Waals surface area (Å²) < 4.78 is 1.67. The van der Waals surface area contributed by atoms with Crippen molar-refractivity contribution in [2.24, 2.45) is 13.0 Å². The van der Waals surface area contributed by atoms with Crippen molar-refractivity contribution in [2.45, 2.75) is 19.3 Å². The van der Waals surface area contributed by atoms with E-state index in [1.54, 1.807) is 10.7 Å². The van der Waals surface area contributed by atoms with E-state index in [4.69, 9.17) is 0 Å². The number of hydrogen-bond acceptors (Lipinski definition) is 3. The van der Waals surface area contributed by atoms with Crippen LogP contribution in [-0.4, -0.2) is 28.7 Å². The van der Waals surface area contributed by atoms with Crippen molar-refractivity contribution < 1.29 is 4.79 Å². The molecule has 0 amide bonds. The summed E-state index contributed by atoms with van der Waals surface area (Å²) in [7, 11) is 1.83. The molecule has 1 saturated heterocycles. The fourth-order valence-corrected chi connectivity index (χ4v) is 2.03. The summed E-state index contributed by atoms with van der Waals surface area (Å²) in [6.45, 7) is 2.06. The monoisotopic (exact) mass is 207 g/mol. The summed E-state index contributed by atoms with van der Waals surface area (Å²) in [6.07, 6.45) is 4.78. The number of carbonyl (C=O) groups excluding carboxylic acids is 1. The Morgan fingerprint density at radius 2 is 2.60 bits per heavy atom. The van der Waals surface area contributed by atoms with Gasteiger partial charge < -0.3 is 5.32 Å². The Labute approximate surface area is 89.7 Å². The van der Waals surface area contributed by atoms with Gasteiger partial charge in [-0.1, -0.05) is 0 Å². The molecule has 82 valence electrons. The summed E-state index contributed by atoms with van der Waals surface area (Å²) >= 11 is 0. The maximum Gasteiger partial charge on any atom is 0.183 e. The van der Waals surface area contributed by atoms with Crippen molar-refractivity contribution in [3.05, 3.63) is 18.0 Å². The average Bonchev–Trinajstić information content (AvgIpc) is 2.66. The fourth-order valence-electron chi connectivity index (χ4n) is 2.03. The maximum absolute atomic E-state index is 11.8. The molecule has 1 aliphatic rings. The number of carbonyl (C=O) groups is 1. The molecule has 1 fully saturated rings. The third kappa shape index (κ3) is 2.65. The third-order valence-electron chi connectivity index (χ3n) is 2.87. The van der Waals surface area contributed by atoms with Crippen LogP contribution in [0.4, 0.5) is 0 Å². The van der Waals surface area contributed by atoms with Gasteiger partial charge in [0.2, 0.25) is 0 Å². The minimum absolute atomic E-state index is 0.171. The van der Waals surface area contributed by atoms with E-state index in [1.165, 1.54) is 6.42 Å². The molecule has 4 heteroatoms. The van der Waals surface area contributed by atoms with E-state index in [-0.39, 0.29) is 5.78 Å². The average molecular weight is 207 g/mol. The highest BCUT2D eigenvalue weighted by atomic mass is 16.1. The van der Waals surface area contributed by atoms with E-state index < -0.39 is 0 Å². The van der Waals surface area contributed by atoms with Crippen LogP contribution in [0.1, 0.15) is 29.8 Å². The summed E-state index contributed by atoms with van der Waals surface area (Å²) in [5, 5.41) is 7.44. The summed E-state index contributed by atoms with van der Waals surface area (Å²) in [4.78, 5) is 11.8. The molecule has 1 N–H and O–H groups in total. The molecule has 1 aromatic rings. The fraction of sp³-hybridized carbons (Fsp3) is 0.636. The molecule has 2 rings (SSSR count). The van der Waals surface area contributed by atoms with Gasteiger partial charge in [-0.2, -0.15) is 5.10 Å². The lowest BCUT2D eigenvalue weighted by Crippen LogP contribution is -2.31. The Morgan fingerprint density at radius 1 is 1.73 bits per heavy atom. The van der Waals surface area contributed by atoms with Crippen molar-refractivity contribution in [3.8, 4) is 0 Å². The predicted octanol–water partition coefficient (Wildman–Crippen LogP) is 0.992. The number of rotatable bonds is 3. The lowest BCUT2D eigenvalue weighted by atomic mass is 9.93. The number of aromatic nitrogens is 2. The quantitative estimate of drug-likeness (QED) is 0.752. The molecule has 1 aromatic heterocycles. The molecular formula is C11H17N3O. The van der Waals surface area contributed by atoms with Gasteiger partial charge in [-0.3, -0.25) is 9.48 Å². The van der Waals surface area contributed by atoms with Gasteiger partial charge in [0.25, 0.3) is 0 Å². The summed E-state index contributed by atoms with van der Waals surface area (Å²) in [5.74, 6) is 0.664. The minimum Gasteiger partial charge on any atom is -0.316 e. The zero-order chi connectivity index (χ0) is 10.7. The molecule has 0 aliphatic carbocycles. The van der Waals surface area contributed by atoms with Crippen molar-refractivity contribution >= 4 is 5.78 Å². The second-order valence-corrected chi connectivity index (χ2v) is 4.21. The Morgan fingerprint density at radius 3 is 3.20 bits per heavy atom. The van der Waals surface area contributed by atoms with Gasteiger partial charge in [0.1, 0.15) is 5.69 Å². The van der Waals surface area contributed by atoms with Crippen LogP contribution < -0.4 is 5.32 Å². The van der Waals surface area contributed by atoms with Gasteiger partial charge in [0, 0.05) is 19.7 Å². The molecule has 0 aromatic carbocycles. The highest BCUT2D eigenvalue weighted by Gasteiger charge is 2.18. The molecule has 0 bridgehead atoms. The maximum atomic E-state index is 11.8. The van der Waals surface area contributed by atoms with Crippen LogP contribution in [0.5, 0.6) is 0 Å². The van der Waals surface area contributed by atoms with Crippen molar-refractivity contribution in [1.82, 2.24) is 15.1 Å². The van der Waals surface area contributed by atoms with E-state index in [0.717, 1.165) is 19.5 Å². The van der Waals surface area contributed by atoms with Crippen LogP contribution in [0.25, 0.3) is 0 Å². The van der Waals surface area contributed by atoms with E-state index in [2.05, 4.69) is 10.4 Å². The van der Waals surface area contributed by atoms with E-state index >= 15 is 0 Å². The van der Waals surface area contributed by atoms with E-state index in [1.807, 2.05) is 13.2 Å². The van der Waals surface area contributed by atoms with Crippen LogP contribution in [0.15, 0.2) is 12.3 Å². The SMILES string of the molecule is Cn1ccc(C(=O)CC2CCCNC2)n1. The first-order valence-corrected chi connectivity index (χ1v) is 5.49. The van der Waals surface area contributed by atoms with Crippen LogP contribution in [0.3, 0.4) is 0 Å². The van der Waals surface area contributed by atoms with Gasteiger partial charge >= 0.3 is 0 Å². The first-order valence-electron chi connectivity index (χ1n) is 5.49. The van der Waals surface area contributed by atoms with Gasteiger partial charge in [-0.15, -0.1) is 0 Å². The number of nitrogens with one attached hydrogen (secondary N) is 1.